The van der Waals surface area contributed by atoms with E-state index in [9.17, 15) is 4.79 Å². The first-order valence-corrected chi connectivity index (χ1v) is 6.78. The first-order valence-electron chi connectivity index (χ1n) is 4.95. The molecule has 2 N–H and O–H groups in total. The van der Waals surface area contributed by atoms with Crippen LogP contribution in [0.4, 0.5) is 11.5 Å². The minimum atomic E-state index is -0.206. The standard InChI is InChI=1S/C11H8Cl2IN3O/c1-5-2-7(13)8(3-6(5)12)17-10-9(14)11(18)16-4-15-10/h2-4H,1H3,(H2,15,16,17,18). The van der Waals surface area contributed by atoms with Crippen LogP contribution in [0.1, 0.15) is 5.56 Å². The third-order valence-corrected chi connectivity index (χ3v) is 4.02. The van der Waals surface area contributed by atoms with Crippen LogP contribution in [0.25, 0.3) is 0 Å². The number of nitrogens with one attached hydrogen (secondary N) is 2. The molecule has 0 saturated carbocycles. The van der Waals surface area contributed by atoms with Gasteiger partial charge in [-0.15, -0.1) is 0 Å². The molecule has 1 aromatic heterocycles. The van der Waals surface area contributed by atoms with Gasteiger partial charge in [-0.05, 0) is 47.2 Å². The molecule has 0 radical (unpaired) electrons. The second kappa shape index (κ2) is 5.46. The molecule has 1 heterocycles. The van der Waals surface area contributed by atoms with Gasteiger partial charge >= 0.3 is 0 Å². The van der Waals surface area contributed by atoms with Crippen molar-refractivity contribution in [2.24, 2.45) is 0 Å². The molecule has 0 aliphatic rings. The molecular formula is C11H8Cl2IN3O. The van der Waals surface area contributed by atoms with E-state index in [-0.39, 0.29) is 5.56 Å². The van der Waals surface area contributed by atoms with E-state index in [2.05, 4.69) is 15.3 Å². The summed E-state index contributed by atoms with van der Waals surface area (Å²) in [6.07, 6.45) is 1.33. The summed E-state index contributed by atoms with van der Waals surface area (Å²) in [5.74, 6) is 0.446. The minimum Gasteiger partial charge on any atom is -0.338 e. The van der Waals surface area contributed by atoms with Crippen LogP contribution in [-0.4, -0.2) is 9.97 Å². The number of halogens is 3. The summed E-state index contributed by atoms with van der Waals surface area (Å²) >= 11 is 14.1. The Morgan fingerprint density at radius 3 is 2.78 bits per heavy atom. The summed E-state index contributed by atoms with van der Waals surface area (Å²) in [7, 11) is 0. The van der Waals surface area contributed by atoms with Gasteiger partial charge < -0.3 is 10.3 Å². The van der Waals surface area contributed by atoms with Crippen LogP contribution >= 0.6 is 45.8 Å². The third-order valence-electron chi connectivity index (χ3n) is 2.30. The maximum atomic E-state index is 11.4. The van der Waals surface area contributed by atoms with E-state index in [1.54, 1.807) is 12.1 Å². The van der Waals surface area contributed by atoms with Crippen molar-refractivity contribution in [3.8, 4) is 0 Å². The maximum Gasteiger partial charge on any atom is 0.266 e. The molecule has 0 bridgehead atoms. The lowest BCUT2D eigenvalue weighted by Crippen LogP contribution is -2.13. The highest BCUT2D eigenvalue weighted by Crippen LogP contribution is 2.31. The largest absolute Gasteiger partial charge is 0.338 e. The van der Waals surface area contributed by atoms with Gasteiger partial charge in [0.05, 0.1) is 17.0 Å². The zero-order chi connectivity index (χ0) is 13.3. The highest BCUT2D eigenvalue weighted by atomic mass is 127. The lowest BCUT2D eigenvalue weighted by atomic mass is 10.2. The molecule has 0 spiro atoms. The van der Waals surface area contributed by atoms with Gasteiger partial charge in [0.25, 0.3) is 5.56 Å². The van der Waals surface area contributed by atoms with Gasteiger partial charge in [0.1, 0.15) is 3.57 Å². The number of benzene rings is 1. The van der Waals surface area contributed by atoms with E-state index < -0.39 is 0 Å². The summed E-state index contributed by atoms with van der Waals surface area (Å²) < 4.78 is 0.461. The maximum absolute atomic E-state index is 11.4. The molecule has 0 unspecified atom stereocenters. The number of H-pyrrole nitrogens is 1. The smallest absolute Gasteiger partial charge is 0.266 e. The van der Waals surface area contributed by atoms with Crippen LogP contribution in [0, 0.1) is 10.5 Å². The Hall–Kier alpha value is -0.790. The topological polar surface area (TPSA) is 57.8 Å². The first kappa shape index (κ1) is 13.6. The number of aryl methyl sites for hydroxylation is 1. The summed E-state index contributed by atoms with van der Waals surface area (Å²) in [5.41, 5.74) is 1.30. The molecule has 0 saturated heterocycles. The molecule has 0 atom stereocenters. The van der Waals surface area contributed by atoms with Crippen LogP contribution in [-0.2, 0) is 0 Å². The second-order valence-electron chi connectivity index (χ2n) is 3.60. The lowest BCUT2D eigenvalue weighted by molar-refractivity contribution is 1.10. The highest BCUT2D eigenvalue weighted by Gasteiger charge is 2.09. The average molecular weight is 396 g/mol. The molecule has 4 nitrogen and oxygen atoms in total. The van der Waals surface area contributed by atoms with E-state index in [0.717, 1.165) is 5.56 Å². The van der Waals surface area contributed by atoms with Gasteiger partial charge in [-0.25, -0.2) is 4.98 Å². The van der Waals surface area contributed by atoms with Crippen LogP contribution in [0.15, 0.2) is 23.3 Å². The minimum absolute atomic E-state index is 0.206. The van der Waals surface area contributed by atoms with Gasteiger partial charge in [-0.1, -0.05) is 23.2 Å². The van der Waals surface area contributed by atoms with Gasteiger partial charge in [-0.3, -0.25) is 4.79 Å². The molecule has 7 heteroatoms. The lowest BCUT2D eigenvalue weighted by Gasteiger charge is -2.10. The predicted molar refractivity (Wildman–Crippen MR) is 82.1 cm³/mol. The number of rotatable bonds is 2. The van der Waals surface area contributed by atoms with Crippen molar-refractivity contribution in [2.45, 2.75) is 6.92 Å². The summed E-state index contributed by atoms with van der Waals surface area (Å²) in [6.45, 7) is 1.87. The molecule has 0 aliphatic heterocycles. The van der Waals surface area contributed by atoms with Crippen LogP contribution in [0.3, 0.4) is 0 Å². The summed E-state index contributed by atoms with van der Waals surface area (Å²) in [4.78, 5) is 18.0. The quantitative estimate of drug-likeness (QED) is 0.761. The Morgan fingerprint density at radius 2 is 2.06 bits per heavy atom. The van der Waals surface area contributed by atoms with E-state index >= 15 is 0 Å². The zero-order valence-corrected chi connectivity index (χ0v) is 12.9. The van der Waals surface area contributed by atoms with Crippen LogP contribution in [0.2, 0.25) is 10.0 Å². The fourth-order valence-corrected chi connectivity index (χ4v) is 2.20. The van der Waals surface area contributed by atoms with Crippen LogP contribution < -0.4 is 10.9 Å². The summed E-state index contributed by atoms with van der Waals surface area (Å²) in [5, 5.41) is 4.12. The van der Waals surface area contributed by atoms with Crippen molar-refractivity contribution >= 4 is 57.3 Å². The fourth-order valence-electron chi connectivity index (χ4n) is 1.34. The van der Waals surface area contributed by atoms with Crippen molar-refractivity contribution in [1.82, 2.24) is 9.97 Å². The normalized spacial score (nSPS) is 10.4. The summed E-state index contributed by atoms with van der Waals surface area (Å²) in [6, 6.07) is 3.46. The Balaban J connectivity index is 2.43. The molecule has 94 valence electrons. The van der Waals surface area contributed by atoms with E-state index in [0.29, 0.717) is 25.1 Å². The molecule has 0 fully saturated rings. The highest BCUT2D eigenvalue weighted by molar-refractivity contribution is 14.1. The van der Waals surface area contributed by atoms with Crippen molar-refractivity contribution in [3.05, 3.63) is 48.0 Å². The SMILES string of the molecule is Cc1cc(Cl)c(Nc2nc[nH]c(=O)c2I)cc1Cl. The molecule has 0 amide bonds. The average Bonchev–Trinajstić information content (AvgIpc) is 2.32. The Labute approximate surface area is 127 Å². The molecule has 2 rings (SSSR count). The number of aromatic amines is 1. The molecule has 2 aromatic rings. The molecule has 0 aliphatic carbocycles. The number of nitrogens with zero attached hydrogens (tertiary/aromatic N) is 1. The van der Waals surface area contributed by atoms with Crippen LogP contribution in [0.5, 0.6) is 0 Å². The second-order valence-corrected chi connectivity index (χ2v) is 5.49. The van der Waals surface area contributed by atoms with E-state index in [1.807, 2.05) is 29.5 Å². The Bertz CT molecular complexity index is 657. The zero-order valence-electron chi connectivity index (χ0n) is 9.22. The van der Waals surface area contributed by atoms with Crippen molar-refractivity contribution in [1.29, 1.82) is 0 Å². The molecule has 18 heavy (non-hydrogen) atoms. The third kappa shape index (κ3) is 2.78. The van der Waals surface area contributed by atoms with E-state index in [1.165, 1.54) is 6.33 Å². The fraction of sp³-hybridized carbons (Fsp3) is 0.0909. The number of hydrogen-bond donors (Lipinski definition) is 2. The first-order chi connectivity index (χ1) is 8.49. The Morgan fingerprint density at radius 1 is 1.33 bits per heavy atom. The number of hydrogen-bond acceptors (Lipinski definition) is 3. The van der Waals surface area contributed by atoms with Gasteiger partial charge in [-0.2, -0.15) is 0 Å². The number of anilines is 2. The van der Waals surface area contributed by atoms with Gasteiger partial charge in [0.15, 0.2) is 5.82 Å². The van der Waals surface area contributed by atoms with Crippen molar-refractivity contribution in [3.63, 3.8) is 0 Å². The van der Waals surface area contributed by atoms with Gasteiger partial charge in [0.2, 0.25) is 0 Å². The Kier molecular flexibility index (Phi) is 4.14. The van der Waals surface area contributed by atoms with E-state index in [4.69, 9.17) is 23.2 Å². The van der Waals surface area contributed by atoms with Crippen molar-refractivity contribution in [2.75, 3.05) is 5.32 Å². The monoisotopic (exact) mass is 395 g/mol. The molecular weight excluding hydrogens is 388 g/mol. The predicted octanol–water partition coefficient (Wildman–Crippen LogP) is 3.73. The van der Waals surface area contributed by atoms with Crippen molar-refractivity contribution < 1.29 is 0 Å². The number of aromatic nitrogens is 2. The molecule has 1 aromatic carbocycles. The van der Waals surface area contributed by atoms with Gasteiger partial charge in [0, 0.05) is 5.02 Å².